The molecule has 0 spiro atoms. The van der Waals surface area contributed by atoms with Crippen LogP contribution in [0.3, 0.4) is 0 Å². The van der Waals surface area contributed by atoms with Crippen LogP contribution in [0.5, 0.6) is 0 Å². The van der Waals surface area contributed by atoms with Gasteiger partial charge >= 0.3 is 11.9 Å². The molecule has 0 aromatic rings. The van der Waals surface area contributed by atoms with Crippen molar-refractivity contribution in [2.75, 3.05) is 0 Å². The van der Waals surface area contributed by atoms with Crippen LogP contribution in [0.4, 0.5) is 0 Å². The van der Waals surface area contributed by atoms with E-state index in [1.165, 1.54) is 0 Å². The molecule has 0 aliphatic heterocycles. The van der Waals surface area contributed by atoms with Crippen molar-refractivity contribution in [3.8, 4) is 0 Å². The van der Waals surface area contributed by atoms with Gasteiger partial charge in [-0.3, -0.25) is 0 Å². The van der Waals surface area contributed by atoms with Crippen LogP contribution in [0.15, 0.2) is 0 Å². The smallest absolute Gasteiger partial charge is 0.414 e. The third-order valence-electron chi connectivity index (χ3n) is 0.183. The Kier molecular flexibility index (Phi) is 1100. The minimum Gasteiger partial charge on any atom is -0.473 e. The molecule has 0 fully saturated rings. The molecule has 0 atom stereocenters. The fourth-order valence-electron chi connectivity index (χ4n) is 0. The van der Waals surface area contributed by atoms with Gasteiger partial charge in [0.2, 0.25) is 0 Å². The maximum atomic E-state index is 9.10. The van der Waals surface area contributed by atoms with Gasteiger partial charge in [-0.2, -0.15) is 0 Å². The molecular weight excluding hydrogens is 411 g/mol. The molecule has 22 N–H and O–H groups in total. The molecule has 0 radical (unpaired) electrons. The molecule has 15 heteroatoms. The van der Waals surface area contributed by atoms with E-state index in [1.807, 2.05) is 0 Å². The third kappa shape index (κ3) is 208. The van der Waals surface area contributed by atoms with Crippen molar-refractivity contribution in [2.45, 2.75) is 0 Å². The van der Waals surface area contributed by atoms with Gasteiger partial charge < -0.3 is 65.0 Å². The van der Waals surface area contributed by atoms with Gasteiger partial charge in [0.25, 0.3) is 0 Å². The maximum absolute atomic E-state index is 9.10. The van der Waals surface area contributed by atoms with Crippen LogP contribution in [-0.2, 0) is 9.59 Å². The summed E-state index contributed by atoms with van der Waals surface area (Å²) < 4.78 is 0. The summed E-state index contributed by atoms with van der Waals surface area (Å²) in [5.41, 5.74) is 0. The van der Waals surface area contributed by atoms with Crippen LogP contribution in [0.2, 0.25) is 0 Å². The number of hydrogen-bond donors (Lipinski definition) is 2. The summed E-state index contributed by atoms with van der Waals surface area (Å²) in [7, 11) is 0. The van der Waals surface area contributed by atoms with Crippen LogP contribution in [0.1, 0.15) is 0 Å². The first-order valence-corrected chi connectivity index (χ1v) is 1.11. The molecule has 0 aliphatic rings. The van der Waals surface area contributed by atoms with E-state index in [0.717, 1.165) is 0 Å². The van der Waals surface area contributed by atoms with Gasteiger partial charge in [0.05, 0.1) is 0 Å². The fourth-order valence-corrected chi connectivity index (χ4v) is 0. The minimum atomic E-state index is -1.82. The van der Waals surface area contributed by atoms with Crippen LogP contribution in [0, 0.1) is 38.2 Å². The molecule has 0 aromatic heterocycles. The van der Waals surface area contributed by atoms with Gasteiger partial charge in [0.1, 0.15) is 0 Å². The van der Waals surface area contributed by atoms with Crippen molar-refractivity contribution < 1.29 is 113 Å². The first-order chi connectivity index (χ1) is 2.64. The first kappa shape index (κ1) is 181. The Morgan fingerprint density at radius 2 is 0.529 bits per heavy atom. The van der Waals surface area contributed by atoms with Crippen LogP contribution in [-0.4, -0.2) is 76.9 Å². The maximum Gasteiger partial charge on any atom is 0.414 e. The van der Waals surface area contributed by atoms with E-state index in [0.29, 0.717) is 0 Å². The molecule has 17 heavy (non-hydrogen) atoms. The normalized spacial score (nSPS) is 2.59. The second-order valence-electron chi connectivity index (χ2n) is 0.610. The van der Waals surface area contributed by atoms with Gasteiger partial charge in [-0.1, -0.05) is 0 Å². The number of aliphatic carboxylic acids is 2. The molecular formula is C2H22DyO14. The van der Waals surface area contributed by atoms with E-state index < -0.39 is 11.9 Å². The summed E-state index contributed by atoms with van der Waals surface area (Å²) in [4.78, 5) is 18.2. The van der Waals surface area contributed by atoms with Crippen molar-refractivity contribution >= 4 is 11.9 Å². The number of carbonyl (C=O) groups is 2. The Labute approximate surface area is 124 Å². The Bertz CT molecular complexity index is 80.2. The predicted octanol–water partition coefficient (Wildman–Crippen LogP) is -9.09. The molecule has 14 nitrogen and oxygen atoms in total. The van der Waals surface area contributed by atoms with E-state index in [1.54, 1.807) is 0 Å². The van der Waals surface area contributed by atoms with Crippen LogP contribution < -0.4 is 0 Å². The predicted molar refractivity (Wildman–Crippen MR) is 51.4 cm³/mol. The van der Waals surface area contributed by atoms with E-state index >= 15 is 0 Å². The summed E-state index contributed by atoms with van der Waals surface area (Å²) in [5, 5.41) is 14.8. The van der Waals surface area contributed by atoms with Crippen molar-refractivity contribution in [2.24, 2.45) is 0 Å². The van der Waals surface area contributed by atoms with Crippen molar-refractivity contribution in [1.29, 1.82) is 0 Å². The number of carboxylic acids is 2. The first-order valence-electron chi connectivity index (χ1n) is 1.11. The van der Waals surface area contributed by atoms with Gasteiger partial charge in [-0.05, 0) is 0 Å². The second kappa shape index (κ2) is 103. The minimum absolute atomic E-state index is 0. The van der Waals surface area contributed by atoms with Crippen molar-refractivity contribution in [1.82, 2.24) is 0 Å². The molecule has 124 valence electrons. The van der Waals surface area contributed by atoms with Gasteiger partial charge in [0, 0.05) is 38.2 Å². The Hall–Kier alpha value is -0.187. The van der Waals surface area contributed by atoms with Crippen molar-refractivity contribution in [3.05, 3.63) is 0 Å². The zero-order valence-electron chi connectivity index (χ0n) is 8.03. The average Bonchev–Trinajstić information content (AvgIpc) is 1.36. The van der Waals surface area contributed by atoms with Gasteiger partial charge in [-0.25, -0.2) is 9.59 Å². The van der Waals surface area contributed by atoms with Crippen LogP contribution >= 0.6 is 0 Å². The fraction of sp³-hybridized carbons (Fsp3) is 0. The van der Waals surface area contributed by atoms with E-state index in [4.69, 9.17) is 19.8 Å². The number of hydrogen-bond acceptors (Lipinski definition) is 2. The van der Waals surface area contributed by atoms with E-state index in [2.05, 4.69) is 0 Å². The van der Waals surface area contributed by atoms with E-state index in [-0.39, 0.29) is 92.9 Å². The molecule has 0 saturated carbocycles. The van der Waals surface area contributed by atoms with Crippen LogP contribution in [0.25, 0.3) is 0 Å². The van der Waals surface area contributed by atoms with Gasteiger partial charge in [-0.15, -0.1) is 0 Å². The standard InChI is InChI=1S/C2H2O4.Dy.10H2O/c3-1(4)2(5)6;;;;;;;;;;;/h(H,3,4)(H,5,6);;10*1H2. The summed E-state index contributed by atoms with van der Waals surface area (Å²) in [6.07, 6.45) is 0. The molecule has 0 unspecified atom stereocenters. The molecule has 0 saturated heterocycles. The van der Waals surface area contributed by atoms with Crippen molar-refractivity contribution in [3.63, 3.8) is 0 Å². The molecule has 0 rings (SSSR count). The van der Waals surface area contributed by atoms with Gasteiger partial charge in [0.15, 0.2) is 0 Å². The average molecular weight is 433 g/mol. The Balaban J connectivity index is -0.00000000227. The Morgan fingerprint density at radius 1 is 0.471 bits per heavy atom. The monoisotopic (exact) mass is 434 g/mol. The van der Waals surface area contributed by atoms with E-state index in [9.17, 15) is 0 Å². The molecule has 0 bridgehead atoms. The largest absolute Gasteiger partial charge is 0.473 e. The summed E-state index contributed by atoms with van der Waals surface area (Å²) >= 11 is 0. The summed E-state index contributed by atoms with van der Waals surface area (Å²) in [6.45, 7) is 0. The third-order valence-corrected chi connectivity index (χ3v) is 0.183. The molecule has 0 amide bonds. The summed E-state index contributed by atoms with van der Waals surface area (Å²) in [5.74, 6) is -3.65. The quantitative estimate of drug-likeness (QED) is 0.351. The Morgan fingerprint density at radius 3 is 0.529 bits per heavy atom. The zero-order chi connectivity index (χ0) is 5.15. The molecule has 0 aliphatic carbocycles. The molecule has 0 heterocycles. The zero-order valence-corrected chi connectivity index (χ0v) is 10.1. The molecule has 0 aromatic carbocycles. The second-order valence-corrected chi connectivity index (χ2v) is 0.610. The topological polar surface area (TPSA) is 390 Å². The number of carboxylic acid groups (broad SMARTS) is 2. The number of rotatable bonds is 0. The summed E-state index contributed by atoms with van der Waals surface area (Å²) in [6, 6.07) is 0. The SMILES string of the molecule is O.O.O.O.O.O.O.O.O.O.O=C(O)C(=O)O.[Dy].